The van der Waals surface area contributed by atoms with Crippen LogP contribution >= 0.6 is 0 Å². The van der Waals surface area contributed by atoms with Crippen LogP contribution in [0.5, 0.6) is 0 Å². The number of rotatable bonds is 4. The summed E-state index contributed by atoms with van der Waals surface area (Å²) < 4.78 is 10.5. The van der Waals surface area contributed by atoms with E-state index in [-0.39, 0.29) is 36.1 Å². The van der Waals surface area contributed by atoms with Crippen LogP contribution in [-0.2, 0) is 9.53 Å². The van der Waals surface area contributed by atoms with Gasteiger partial charge >= 0.3 is 5.97 Å². The van der Waals surface area contributed by atoms with Gasteiger partial charge < -0.3 is 24.5 Å². The SMILES string of the molecule is Cc1occc1C(=O)N/N=C\[C@]12CC[C@@H](O)C[C@]1(O)CC[C@@H]1[C@@H]2CC[C@]2(C)[C@@H](C3=CC(=O)OC3)CC[C@]12O. The second-order valence-electron chi connectivity index (χ2n) is 12.6. The molecule has 38 heavy (non-hydrogen) atoms. The molecule has 9 nitrogen and oxygen atoms in total. The molecule has 0 saturated heterocycles. The predicted octanol–water partition coefficient (Wildman–Crippen LogP) is 3.02. The highest BCUT2D eigenvalue weighted by Crippen LogP contribution is 2.70. The number of furan rings is 1. The van der Waals surface area contributed by atoms with Gasteiger partial charge in [0.25, 0.3) is 5.91 Å². The van der Waals surface area contributed by atoms with Crippen molar-refractivity contribution >= 4 is 18.1 Å². The Hall–Kier alpha value is -2.49. The lowest BCUT2D eigenvalue weighted by Crippen LogP contribution is -2.68. The highest BCUT2D eigenvalue weighted by molar-refractivity contribution is 5.95. The standard InChI is InChI=1S/C29H38N2O7/c1-17-20(7-12-37-17)25(34)31-30-16-27-9-3-19(32)14-28(27,35)10-5-23-22(27)4-8-26(2)21(6-11-29(23,26)36)18-13-24(33)38-15-18/h7,12-13,16,19,21-23,32,35-36H,3-6,8-11,14-15H2,1-2H3,(H,31,34)/b30-16-/t19-,21-,22+,23-,26-,27+,28-,29+/m1/s1. The number of cyclic esters (lactones) is 1. The minimum atomic E-state index is -1.18. The smallest absolute Gasteiger partial charge is 0.331 e. The zero-order valence-electron chi connectivity index (χ0n) is 22.1. The van der Waals surface area contributed by atoms with Crippen molar-refractivity contribution in [2.24, 2.45) is 33.7 Å². The molecule has 4 aliphatic carbocycles. The van der Waals surface area contributed by atoms with Gasteiger partial charge in [0.15, 0.2) is 0 Å². The van der Waals surface area contributed by atoms with Gasteiger partial charge in [-0.2, -0.15) is 5.10 Å². The van der Waals surface area contributed by atoms with Crippen LogP contribution in [0.1, 0.15) is 80.8 Å². The quantitative estimate of drug-likeness (QED) is 0.268. The van der Waals surface area contributed by atoms with E-state index in [1.165, 1.54) is 6.26 Å². The van der Waals surface area contributed by atoms with Crippen molar-refractivity contribution in [3.8, 4) is 0 Å². The molecular weight excluding hydrogens is 488 g/mol. The molecule has 0 radical (unpaired) electrons. The third-order valence-electron chi connectivity index (χ3n) is 11.2. The average molecular weight is 527 g/mol. The van der Waals surface area contributed by atoms with Gasteiger partial charge in [-0.3, -0.25) is 4.79 Å². The predicted molar refractivity (Wildman–Crippen MR) is 137 cm³/mol. The molecule has 9 heteroatoms. The van der Waals surface area contributed by atoms with E-state index >= 15 is 0 Å². The minimum Gasteiger partial charge on any atom is -0.469 e. The van der Waals surface area contributed by atoms with Crippen LogP contribution in [0.25, 0.3) is 0 Å². The number of aliphatic hydroxyl groups is 3. The molecule has 8 atom stereocenters. The molecule has 1 aliphatic heterocycles. The Labute approximate surface area is 222 Å². The van der Waals surface area contributed by atoms with E-state index in [0.29, 0.717) is 50.0 Å². The van der Waals surface area contributed by atoms with Crippen molar-refractivity contribution in [3.05, 3.63) is 35.3 Å². The molecule has 0 bridgehead atoms. The first-order chi connectivity index (χ1) is 18.0. The molecule has 5 aliphatic rings. The Balaban J connectivity index is 1.33. The number of fused-ring (bicyclic) bond motifs is 5. The summed E-state index contributed by atoms with van der Waals surface area (Å²) in [5.41, 5.74) is 0.682. The number of nitrogens with one attached hydrogen (secondary N) is 1. The maximum absolute atomic E-state index is 12.7. The van der Waals surface area contributed by atoms with Crippen LogP contribution in [0.4, 0.5) is 0 Å². The minimum absolute atomic E-state index is 0.0580. The third-order valence-corrected chi connectivity index (χ3v) is 11.2. The maximum atomic E-state index is 12.7. The van der Waals surface area contributed by atoms with Crippen LogP contribution in [0, 0.1) is 35.5 Å². The van der Waals surface area contributed by atoms with Crippen molar-refractivity contribution < 1.29 is 34.1 Å². The average Bonchev–Trinajstić information content (AvgIpc) is 3.56. The van der Waals surface area contributed by atoms with Crippen molar-refractivity contribution in [3.63, 3.8) is 0 Å². The van der Waals surface area contributed by atoms with E-state index in [1.807, 2.05) is 0 Å². The summed E-state index contributed by atoms with van der Waals surface area (Å²) in [6, 6.07) is 1.59. The molecule has 1 amide bonds. The van der Waals surface area contributed by atoms with E-state index in [9.17, 15) is 24.9 Å². The molecule has 6 rings (SSSR count). The van der Waals surface area contributed by atoms with Crippen LogP contribution in [0.3, 0.4) is 0 Å². The highest BCUT2D eigenvalue weighted by atomic mass is 16.5. The summed E-state index contributed by atoms with van der Waals surface area (Å²) in [7, 11) is 0. The van der Waals surface area contributed by atoms with Crippen molar-refractivity contribution in [2.45, 2.75) is 88.9 Å². The van der Waals surface area contributed by atoms with E-state index < -0.39 is 28.1 Å². The van der Waals surface area contributed by atoms with E-state index in [1.54, 1.807) is 25.3 Å². The Bertz CT molecular complexity index is 1210. The fourth-order valence-corrected chi connectivity index (χ4v) is 9.25. The number of ether oxygens (including phenoxy) is 1. The lowest BCUT2D eigenvalue weighted by atomic mass is 9.41. The first-order valence-electron chi connectivity index (χ1n) is 13.9. The number of hydrazone groups is 1. The fraction of sp³-hybridized carbons (Fsp3) is 0.690. The molecule has 1 aromatic heterocycles. The lowest BCUT2D eigenvalue weighted by molar-refractivity contribution is -0.237. The van der Waals surface area contributed by atoms with E-state index in [2.05, 4.69) is 17.5 Å². The summed E-state index contributed by atoms with van der Waals surface area (Å²) >= 11 is 0. The molecule has 2 heterocycles. The third kappa shape index (κ3) is 3.51. The van der Waals surface area contributed by atoms with Crippen molar-refractivity contribution in [2.75, 3.05) is 6.61 Å². The molecule has 0 spiro atoms. The molecule has 206 valence electrons. The van der Waals surface area contributed by atoms with Gasteiger partial charge in [0.2, 0.25) is 0 Å². The Morgan fingerprint density at radius 2 is 1.92 bits per heavy atom. The number of carbonyl (C=O) groups excluding carboxylic acids is 2. The number of esters is 1. The van der Waals surface area contributed by atoms with E-state index in [4.69, 9.17) is 9.15 Å². The van der Waals surface area contributed by atoms with Crippen molar-refractivity contribution in [1.82, 2.24) is 5.43 Å². The van der Waals surface area contributed by atoms with E-state index in [0.717, 1.165) is 24.8 Å². The van der Waals surface area contributed by atoms with Gasteiger partial charge in [0.1, 0.15) is 12.4 Å². The van der Waals surface area contributed by atoms with Crippen LogP contribution in [-0.4, -0.2) is 57.3 Å². The topological polar surface area (TPSA) is 142 Å². The van der Waals surface area contributed by atoms with Gasteiger partial charge in [0, 0.05) is 29.5 Å². The van der Waals surface area contributed by atoms with Gasteiger partial charge in [-0.15, -0.1) is 0 Å². The Kier molecular flexibility index (Phi) is 5.94. The largest absolute Gasteiger partial charge is 0.469 e. The molecule has 0 aromatic carbocycles. The van der Waals surface area contributed by atoms with Gasteiger partial charge in [-0.05, 0) is 87.7 Å². The molecule has 4 fully saturated rings. The zero-order valence-corrected chi connectivity index (χ0v) is 22.1. The number of hydrogen-bond acceptors (Lipinski definition) is 8. The molecule has 0 unspecified atom stereocenters. The molecular formula is C29H38N2O7. The van der Waals surface area contributed by atoms with Gasteiger partial charge in [-0.1, -0.05) is 6.92 Å². The van der Waals surface area contributed by atoms with Gasteiger partial charge in [0.05, 0.1) is 29.1 Å². The summed E-state index contributed by atoms with van der Waals surface area (Å²) in [4.78, 5) is 24.5. The van der Waals surface area contributed by atoms with Crippen LogP contribution < -0.4 is 5.43 Å². The first kappa shape index (κ1) is 25.8. The zero-order chi connectivity index (χ0) is 26.9. The Morgan fingerprint density at radius 3 is 2.63 bits per heavy atom. The highest BCUT2D eigenvalue weighted by Gasteiger charge is 2.71. The summed E-state index contributed by atoms with van der Waals surface area (Å²) in [6.07, 6.45) is 9.53. The number of carbonyl (C=O) groups is 2. The Morgan fingerprint density at radius 1 is 1.13 bits per heavy atom. The number of aryl methyl sites for hydroxylation is 1. The summed E-state index contributed by atoms with van der Waals surface area (Å²) in [5.74, 6) is -0.239. The first-order valence-corrected chi connectivity index (χ1v) is 13.9. The number of nitrogens with zero attached hydrogens (tertiary/aromatic N) is 1. The fourth-order valence-electron chi connectivity index (χ4n) is 9.25. The normalized spacial score (nSPS) is 44.2. The molecule has 4 N–H and O–H groups in total. The lowest BCUT2D eigenvalue weighted by Gasteiger charge is -2.65. The van der Waals surface area contributed by atoms with Crippen LogP contribution in [0.15, 0.2) is 33.5 Å². The van der Waals surface area contributed by atoms with Gasteiger partial charge in [-0.25, -0.2) is 10.2 Å². The summed E-state index contributed by atoms with van der Waals surface area (Å²) in [5, 5.41) is 39.4. The maximum Gasteiger partial charge on any atom is 0.331 e. The number of hydrogen-bond donors (Lipinski definition) is 4. The molecule has 4 saturated carbocycles. The van der Waals surface area contributed by atoms with Crippen molar-refractivity contribution in [1.29, 1.82) is 0 Å². The molecule has 1 aromatic rings. The summed E-state index contributed by atoms with van der Waals surface area (Å²) in [6.45, 7) is 4.17. The second kappa shape index (κ2) is 8.76. The number of amides is 1. The van der Waals surface area contributed by atoms with Crippen LogP contribution in [0.2, 0.25) is 0 Å². The second-order valence-corrected chi connectivity index (χ2v) is 12.6. The monoisotopic (exact) mass is 526 g/mol. The number of aliphatic hydroxyl groups excluding tert-OH is 1.